The fourth-order valence-electron chi connectivity index (χ4n) is 1.21. The predicted molar refractivity (Wildman–Crippen MR) is 59.0 cm³/mol. The van der Waals surface area contributed by atoms with Crippen LogP contribution in [0.4, 0.5) is 8.78 Å². The molecule has 0 heterocycles. The molecule has 0 saturated carbocycles. The number of allylic oxidation sites excluding steroid dienone is 3. The summed E-state index contributed by atoms with van der Waals surface area (Å²) in [5.74, 6) is 0.722. The molecule has 0 aromatic rings. The Morgan fingerprint density at radius 2 is 2.00 bits per heavy atom. The number of rotatable bonds is 4. The van der Waals surface area contributed by atoms with Crippen LogP contribution in [0, 0.1) is 0 Å². The van der Waals surface area contributed by atoms with E-state index in [0.717, 1.165) is 18.6 Å². The number of hydrogen-bond acceptors (Lipinski definition) is 1. The third-order valence-corrected chi connectivity index (χ3v) is 1.81. The third-order valence-electron chi connectivity index (χ3n) is 1.81. The van der Waals surface area contributed by atoms with Crippen molar-refractivity contribution in [3.8, 4) is 0 Å². The van der Waals surface area contributed by atoms with Crippen LogP contribution in [-0.2, 0) is 4.74 Å². The summed E-state index contributed by atoms with van der Waals surface area (Å²) in [6.07, 6.45) is 4.81. The van der Waals surface area contributed by atoms with Crippen molar-refractivity contribution in [1.29, 1.82) is 0 Å². The largest absolute Gasteiger partial charge is 0.491 e. The molecular formula is C12H20F2O. The van der Waals surface area contributed by atoms with Crippen molar-refractivity contribution in [3.05, 3.63) is 24.0 Å². The zero-order chi connectivity index (χ0) is 11.7. The molecule has 0 fully saturated rings. The van der Waals surface area contributed by atoms with Crippen molar-refractivity contribution in [3.63, 3.8) is 0 Å². The summed E-state index contributed by atoms with van der Waals surface area (Å²) in [6, 6.07) is 0. The number of halogens is 2. The van der Waals surface area contributed by atoms with E-state index in [1.165, 1.54) is 0 Å². The van der Waals surface area contributed by atoms with Gasteiger partial charge in [0, 0.05) is 6.42 Å². The molecule has 0 aromatic carbocycles. The Kier molecular flexibility index (Phi) is 7.96. The topological polar surface area (TPSA) is 9.23 Å². The van der Waals surface area contributed by atoms with Gasteiger partial charge in [-0.2, -0.15) is 0 Å². The van der Waals surface area contributed by atoms with Gasteiger partial charge < -0.3 is 4.74 Å². The van der Waals surface area contributed by atoms with E-state index < -0.39 is 12.5 Å². The van der Waals surface area contributed by atoms with Gasteiger partial charge in [-0.15, -0.1) is 0 Å². The van der Waals surface area contributed by atoms with E-state index in [0.29, 0.717) is 0 Å². The van der Waals surface area contributed by atoms with Gasteiger partial charge in [0.25, 0.3) is 0 Å². The Morgan fingerprint density at radius 1 is 1.33 bits per heavy atom. The summed E-state index contributed by atoms with van der Waals surface area (Å²) in [5.41, 5.74) is 0. The highest BCUT2D eigenvalue weighted by atomic mass is 19.3. The molecule has 1 atom stereocenters. The lowest BCUT2D eigenvalue weighted by molar-refractivity contribution is 0.0519. The van der Waals surface area contributed by atoms with Gasteiger partial charge in [-0.25, -0.2) is 8.78 Å². The van der Waals surface area contributed by atoms with Gasteiger partial charge in [0.05, 0.1) is 0 Å². The van der Waals surface area contributed by atoms with E-state index in [9.17, 15) is 8.78 Å². The van der Waals surface area contributed by atoms with Gasteiger partial charge in [-0.3, -0.25) is 0 Å². The molecule has 1 aliphatic carbocycles. The Bertz CT molecular complexity index is 210. The molecule has 0 aromatic heterocycles. The summed E-state index contributed by atoms with van der Waals surface area (Å²) in [7, 11) is 0. The monoisotopic (exact) mass is 218 g/mol. The Balaban J connectivity index is 0.000000921. The lowest BCUT2D eigenvalue weighted by Crippen LogP contribution is -2.12. The van der Waals surface area contributed by atoms with Crippen LogP contribution in [0.25, 0.3) is 0 Å². The van der Waals surface area contributed by atoms with Crippen LogP contribution >= 0.6 is 0 Å². The molecule has 15 heavy (non-hydrogen) atoms. The minimum absolute atomic E-state index is 0.203. The first kappa shape index (κ1) is 14.1. The van der Waals surface area contributed by atoms with Crippen molar-refractivity contribution in [2.45, 2.75) is 52.6 Å². The van der Waals surface area contributed by atoms with Gasteiger partial charge in [0.15, 0.2) is 0 Å². The molecule has 88 valence electrons. The molecule has 1 rings (SSSR count). The van der Waals surface area contributed by atoms with Crippen LogP contribution in [0.3, 0.4) is 0 Å². The number of alkyl halides is 2. The van der Waals surface area contributed by atoms with Crippen LogP contribution < -0.4 is 0 Å². The summed E-state index contributed by atoms with van der Waals surface area (Å²) >= 11 is 0. The molecule has 0 saturated heterocycles. The van der Waals surface area contributed by atoms with Crippen molar-refractivity contribution in [1.82, 2.24) is 0 Å². The van der Waals surface area contributed by atoms with E-state index in [-0.39, 0.29) is 6.42 Å². The van der Waals surface area contributed by atoms with Crippen molar-refractivity contribution in [2.24, 2.45) is 0 Å². The van der Waals surface area contributed by atoms with Crippen LogP contribution in [0.5, 0.6) is 0 Å². The van der Waals surface area contributed by atoms with Crippen molar-refractivity contribution < 1.29 is 13.5 Å². The molecular weight excluding hydrogens is 198 g/mol. The molecule has 1 aliphatic rings. The lowest BCUT2D eigenvalue weighted by Gasteiger charge is -2.16. The molecule has 0 amide bonds. The van der Waals surface area contributed by atoms with Crippen molar-refractivity contribution in [2.75, 3.05) is 0 Å². The predicted octanol–water partition coefficient (Wildman–Crippen LogP) is 4.31. The van der Waals surface area contributed by atoms with E-state index in [2.05, 4.69) is 0 Å². The van der Waals surface area contributed by atoms with Crippen LogP contribution in [0.2, 0.25) is 0 Å². The summed E-state index contributed by atoms with van der Waals surface area (Å²) in [5, 5.41) is 0. The fraction of sp³-hybridized carbons (Fsp3) is 0.667. The first-order valence-electron chi connectivity index (χ1n) is 5.50. The third kappa shape index (κ3) is 7.11. The minimum Gasteiger partial charge on any atom is -0.491 e. The zero-order valence-electron chi connectivity index (χ0n) is 9.67. The van der Waals surface area contributed by atoms with E-state index in [1.807, 2.05) is 32.1 Å². The lowest BCUT2D eigenvalue weighted by atomic mass is 10.2. The Hall–Kier alpha value is -0.860. The normalized spacial score (nSPS) is 16.5. The quantitative estimate of drug-likeness (QED) is 0.683. The van der Waals surface area contributed by atoms with Gasteiger partial charge >= 0.3 is 0 Å². The highest BCUT2D eigenvalue weighted by Gasteiger charge is 2.12. The summed E-state index contributed by atoms with van der Waals surface area (Å²) in [6.45, 7) is 5.66. The van der Waals surface area contributed by atoms with Crippen molar-refractivity contribution >= 4 is 0 Å². The Morgan fingerprint density at radius 3 is 2.47 bits per heavy atom. The van der Waals surface area contributed by atoms with E-state index in [1.54, 1.807) is 6.92 Å². The van der Waals surface area contributed by atoms with Crippen LogP contribution in [-0.4, -0.2) is 12.5 Å². The molecule has 1 unspecified atom stereocenters. The molecule has 0 spiro atoms. The smallest absolute Gasteiger partial charge is 0.242 e. The molecule has 1 nitrogen and oxygen atoms in total. The zero-order valence-corrected chi connectivity index (χ0v) is 9.67. The molecule has 0 aliphatic heterocycles. The van der Waals surface area contributed by atoms with Crippen LogP contribution in [0.15, 0.2) is 24.0 Å². The highest BCUT2D eigenvalue weighted by Crippen LogP contribution is 2.16. The summed E-state index contributed by atoms with van der Waals surface area (Å²) in [4.78, 5) is 0. The first-order chi connectivity index (χ1) is 7.18. The number of ether oxygens (including phenoxy) is 1. The molecule has 0 N–H and O–H groups in total. The van der Waals surface area contributed by atoms with Crippen LogP contribution in [0.1, 0.15) is 40.0 Å². The average molecular weight is 218 g/mol. The van der Waals surface area contributed by atoms with E-state index >= 15 is 0 Å². The summed E-state index contributed by atoms with van der Waals surface area (Å²) < 4.78 is 29.1. The standard InChI is InChI=1S/C10H14F2O.C2H6/c1-8(7-10(11)12)13-9-5-3-2-4-6-9;1-2/h3,5-6,8,10H,2,4,7H2,1H3;1-2H3. The second-order valence-electron chi connectivity index (χ2n) is 3.14. The fourth-order valence-corrected chi connectivity index (χ4v) is 1.21. The van der Waals surface area contributed by atoms with Gasteiger partial charge in [0.1, 0.15) is 11.9 Å². The van der Waals surface area contributed by atoms with Gasteiger partial charge in [-0.1, -0.05) is 19.9 Å². The second kappa shape index (κ2) is 8.45. The SMILES string of the molecule is CC.CC(CC(F)F)OC1=CCCC=C1. The molecule has 3 heteroatoms. The maximum absolute atomic E-state index is 11.9. The minimum atomic E-state index is -2.29. The maximum atomic E-state index is 11.9. The molecule has 0 bridgehead atoms. The maximum Gasteiger partial charge on any atom is 0.242 e. The van der Waals surface area contributed by atoms with E-state index in [4.69, 9.17) is 4.74 Å². The average Bonchev–Trinajstić information content (AvgIpc) is 2.21. The number of hydrogen-bond donors (Lipinski definition) is 0. The van der Waals surface area contributed by atoms with Gasteiger partial charge in [0.2, 0.25) is 6.43 Å². The first-order valence-corrected chi connectivity index (χ1v) is 5.50. The molecule has 0 radical (unpaired) electrons. The highest BCUT2D eigenvalue weighted by molar-refractivity contribution is 5.16. The second-order valence-corrected chi connectivity index (χ2v) is 3.14. The van der Waals surface area contributed by atoms with Gasteiger partial charge in [-0.05, 0) is 31.9 Å². The Labute approximate surface area is 90.8 Å².